The zero-order valence-corrected chi connectivity index (χ0v) is 13.6. The van der Waals surface area contributed by atoms with Gasteiger partial charge in [-0.15, -0.1) is 0 Å². The van der Waals surface area contributed by atoms with E-state index in [-0.39, 0.29) is 12.0 Å². The van der Waals surface area contributed by atoms with Crippen LogP contribution >= 0.6 is 11.6 Å². The third-order valence-corrected chi connectivity index (χ3v) is 3.92. The number of aryl methyl sites for hydroxylation is 1. The number of methoxy groups -OCH3 is 1. The quantitative estimate of drug-likeness (QED) is 0.812. The van der Waals surface area contributed by atoms with Gasteiger partial charge in [0.25, 0.3) is 0 Å². The number of aromatic nitrogens is 2. The second-order valence-corrected chi connectivity index (χ2v) is 5.80. The van der Waals surface area contributed by atoms with Crippen molar-refractivity contribution >= 4 is 17.5 Å². The van der Waals surface area contributed by atoms with Crippen LogP contribution in [0.3, 0.4) is 0 Å². The number of hydrogen-bond donors (Lipinski definition) is 0. The molecule has 0 bridgehead atoms. The molecule has 1 amide bonds. The Morgan fingerprint density at radius 2 is 2.09 bits per heavy atom. The van der Waals surface area contributed by atoms with Gasteiger partial charge < -0.3 is 14.4 Å². The standard InChI is InChI=1S/C16H18ClN3O3/c1-22-14-4-2-3-5-15(14)23-13-10-19(11-13)16(21)6-7-20-9-12(17)8-18-20/h2-5,8-9,13H,6-7,10-11H2,1H3. The SMILES string of the molecule is COc1ccccc1OC1CN(C(=O)CCn2cc(Cl)cn2)C1. The van der Waals surface area contributed by atoms with Gasteiger partial charge in [-0.25, -0.2) is 0 Å². The lowest BCUT2D eigenvalue weighted by Crippen LogP contribution is -2.56. The van der Waals surface area contributed by atoms with E-state index in [1.54, 1.807) is 29.1 Å². The summed E-state index contributed by atoms with van der Waals surface area (Å²) in [5, 5.41) is 4.63. The van der Waals surface area contributed by atoms with E-state index in [9.17, 15) is 4.79 Å². The Morgan fingerprint density at radius 3 is 2.74 bits per heavy atom. The maximum Gasteiger partial charge on any atom is 0.224 e. The Bertz CT molecular complexity index is 683. The molecule has 0 atom stereocenters. The third-order valence-electron chi connectivity index (χ3n) is 3.72. The molecule has 1 saturated heterocycles. The van der Waals surface area contributed by atoms with Gasteiger partial charge in [0.15, 0.2) is 11.5 Å². The van der Waals surface area contributed by atoms with E-state index in [1.807, 2.05) is 24.3 Å². The molecule has 1 aliphatic heterocycles. The monoisotopic (exact) mass is 335 g/mol. The van der Waals surface area contributed by atoms with Crippen LogP contribution in [0.2, 0.25) is 5.02 Å². The summed E-state index contributed by atoms with van der Waals surface area (Å²) in [6.07, 6.45) is 3.68. The fourth-order valence-corrected chi connectivity index (χ4v) is 2.60. The molecule has 2 heterocycles. The maximum atomic E-state index is 12.1. The van der Waals surface area contributed by atoms with Gasteiger partial charge in [-0.05, 0) is 12.1 Å². The van der Waals surface area contributed by atoms with Crippen molar-refractivity contribution in [2.75, 3.05) is 20.2 Å². The highest BCUT2D eigenvalue weighted by Crippen LogP contribution is 2.28. The van der Waals surface area contributed by atoms with Crippen molar-refractivity contribution in [1.82, 2.24) is 14.7 Å². The molecule has 0 radical (unpaired) electrons. The molecule has 122 valence electrons. The normalized spacial score (nSPS) is 14.4. The molecule has 7 heteroatoms. The molecule has 3 rings (SSSR count). The first-order valence-corrected chi connectivity index (χ1v) is 7.79. The summed E-state index contributed by atoms with van der Waals surface area (Å²) in [5.41, 5.74) is 0. The van der Waals surface area contributed by atoms with Gasteiger partial charge in [-0.1, -0.05) is 23.7 Å². The van der Waals surface area contributed by atoms with Gasteiger partial charge in [-0.3, -0.25) is 9.48 Å². The summed E-state index contributed by atoms with van der Waals surface area (Å²) in [5.74, 6) is 1.50. The third kappa shape index (κ3) is 3.76. The highest BCUT2D eigenvalue weighted by atomic mass is 35.5. The Hall–Kier alpha value is -2.21. The van der Waals surface area contributed by atoms with E-state index in [4.69, 9.17) is 21.1 Å². The van der Waals surface area contributed by atoms with Crippen LogP contribution in [-0.2, 0) is 11.3 Å². The lowest BCUT2D eigenvalue weighted by Gasteiger charge is -2.39. The Kier molecular flexibility index (Phi) is 4.71. The van der Waals surface area contributed by atoms with E-state index in [2.05, 4.69) is 5.10 Å². The second-order valence-electron chi connectivity index (χ2n) is 5.36. The molecule has 1 aliphatic rings. The topological polar surface area (TPSA) is 56.6 Å². The van der Waals surface area contributed by atoms with E-state index < -0.39 is 0 Å². The summed E-state index contributed by atoms with van der Waals surface area (Å²) in [4.78, 5) is 13.9. The number of hydrogen-bond acceptors (Lipinski definition) is 4. The Labute approximate surface area is 139 Å². The molecule has 1 aromatic heterocycles. The van der Waals surface area contributed by atoms with Crippen molar-refractivity contribution in [3.63, 3.8) is 0 Å². The molecule has 2 aromatic rings. The number of rotatable bonds is 6. The van der Waals surface area contributed by atoms with Crippen molar-refractivity contribution in [2.45, 2.75) is 19.1 Å². The number of amides is 1. The molecular formula is C16H18ClN3O3. The molecule has 0 spiro atoms. The van der Waals surface area contributed by atoms with Crippen LogP contribution in [0.5, 0.6) is 11.5 Å². The van der Waals surface area contributed by atoms with Crippen LogP contribution in [0.15, 0.2) is 36.7 Å². The van der Waals surface area contributed by atoms with E-state index >= 15 is 0 Å². The zero-order valence-electron chi connectivity index (χ0n) is 12.8. The predicted molar refractivity (Wildman–Crippen MR) is 85.8 cm³/mol. The van der Waals surface area contributed by atoms with Crippen LogP contribution < -0.4 is 9.47 Å². The fourth-order valence-electron chi connectivity index (χ4n) is 2.44. The highest BCUT2D eigenvalue weighted by Gasteiger charge is 2.32. The van der Waals surface area contributed by atoms with Crippen LogP contribution in [0, 0.1) is 0 Å². The molecule has 1 aromatic carbocycles. The minimum atomic E-state index is 0.00870. The van der Waals surface area contributed by atoms with Crippen molar-refractivity contribution in [3.8, 4) is 11.5 Å². The summed E-state index contributed by atoms with van der Waals surface area (Å²) in [6, 6.07) is 7.51. The van der Waals surface area contributed by atoms with Crippen LogP contribution in [-0.4, -0.2) is 46.9 Å². The summed E-state index contributed by atoms with van der Waals surface area (Å²) in [6.45, 7) is 1.72. The van der Waals surface area contributed by atoms with Gasteiger partial charge in [0, 0.05) is 19.2 Å². The van der Waals surface area contributed by atoms with Crippen LogP contribution in [0.4, 0.5) is 0 Å². The molecular weight excluding hydrogens is 318 g/mol. The summed E-state index contributed by atoms with van der Waals surface area (Å²) >= 11 is 5.79. The average Bonchev–Trinajstić information content (AvgIpc) is 2.94. The number of halogens is 1. The first-order chi connectivity index (χ1) is 11.2. The molecule has 0 N–H and O–H groups in total. The molecule has 0 aliphatic carbocycles. The number of likely N-dealkylation sites (tertiary alicyclic amines) is 1. The first-order valence-electron chi connectivity index (χ1n) is 7.41. The van der Waals surface area contributed by atoms with Crippen molar-refractivity contribution in [2.24, 2.45) is 0 Å². The minimum Gasteiger partial charge on any atom is -0.493 e. The van der Waals surface area contributed by atoms with Gasteiger partial charge in [0.05, 0.1) is 31.4 Å². The number of para-hydroxylation sites is 2. The highest BCUT2D eigenvalue weighted by molar-refractivity contribution is 6.30. The van der Waals surface area contributed by atoms with Crippen molar-refractivity contribution in [1.29, 1.82) is 0 Å². The van der Waals surface area contributed by atoms with Gasteiger partial charge in [0.2, 0.25) is 5.91 Å². The van der Waals surface area contributed by atoms with E-state index in [1.165, 1.54) is 0 Å². The first kappa shape index (κ1) is 15.7. The maximum absolute atomic E-state index is 12.1. The molecule has 0 saturated carbocycles. The second kappa shape index (κ2) is 6.91. The number of carbonyl (C=O) groups is 1. The van der Waals surface area contributed by atoms with E-state index in [0.29, 0.717) is 42.6 Å². The lowest BCUT2D eigenvalue weighted by atomic mass is 10.1. The molecule has 6 nitrogen and oxygen atoms in total. The van der Waals surface area contributed by atoms with Crippen LogP contribution in [0.25, 0.3) is 0 Å². The number of nitrogens with zero attached hydrogens (tertiary/aromatic N) is 3. The van der Waals surface area contributed by atoms with E-state index in [0.717, 1.165) is 0 Å². The molecule has 0 unspecified atom stereocenters. The van der Waals surface area contributed by atoms with Crippen molar-refractivity contribution in [3.05, 3.63) is 41.7 Å². The zero-order chi connectivity index (χ0) is 16.2. The molecule has 1 fully saturated rings. The fraction of sp³-hybridized carbons (Fsp3) is 0.375. The van der Waals surface area contributed by atoms with Crippen molar-refractivity contribution < 1.29 is 14.3 Å². The number of benzene rings is 1. The van der Waals surface area contributed by atoms with Crippen LogP contribution in [0.1, 0.15) is 6.42 Å². The molecule has 23 heavy (non-hydrogen) atoms. The minimum absolute atomic E-state index is 0.00870. The van der Waals surface area contributed by atoms with Gasteiger partial charge in [0.1, 0.15) is 6.10 Å². The lowest BCUT2D eigenvalue weighted by molar-refractivity contribution is -0.140. The summed E-state index contributed by atoms with van der Waals surface area (Å²) in [7, 11) is 1.61. The number of carbonyl (C=O) groups excluding carboxylic acids is 1. The number of ether oxygens (including phenoxy) is 2. The summed E-state index contributed by atoms with van der Waals surface area (Å²) < 4.78 is 12.8. The smallest absolute Gasteiger partial charge is 0.224 e. The van der Waals surface area contributed by atoms with Gasteiger partial charge in [-0.2, -0.15) is 5.10 Å². The van der Waals surface area contributed by atoms with Gasteiger partial charge >= 0.3 is 0 Å². The Balaban J connectivity index is 1.44. The Morgan fingerprint density at radius 1 is 1.35 bits per heavy atom. The predicted octanol–water partition coefficient (Wildman–Crippen LogP) is 2.23. The largest absolute Gasteiger partial charge is 0.493 e. The average molecular weight is 336 g/mol.